The molecular formula is C23H28B2O2. The molecule has 0 bridgehead atoms. The second kappa shape index (κ2) is 7.24. The first-order valence-corrected chi connectivity index (χ1v) is 9.59. The van der Waals surface area contributed by atoms with Crippen LogP contribution >= 0.6 is 0 Å². The van der Waals surface area contributed by atoms with Crippen LogP contribution in [0.5, 0.6) is 5.75 Å². The van der Waals surface area contributed by atoms with Gasteiger partial charge in [0, 0.05) is 5.82 Å². The Hall–Kier alpha value is -1.93. The van der Waals surface area contributed by atoms with Gasteiger partial charge in [-0.15, -0.1) is 6.58 Å². The van der Waals surface area contributed by atoms with Gasteiger partial charge >= 0.3 is 0 Å². The Morgan fingerprint density at radius 2 is 2.04 bits per heavy atom. The summed E-state index contributed by atoms with van der Waals surface area (Å²) in [5.74, 6) is 1.69. The minimum atomic E-state index is -0.168. The molecule has 2 atom stereocenters. The number of ether oxygens (including phenoxy) is 2. The van der Waals surface area contributed by atoms with Crippen LogP contribution in [-0.2, 0) is 10.2 Å². The maximum atomic E-state index is 6.30. The molecule has 1 heterocycles. The van der Waals surface area contributed by atoms with E-state index in [2.05, 4.69) is 52.1 Å². The van der Waals surface area contributed by atoms with E-state index in [0.717, 1.165) is 22.4 Å². The molecule has 0 aromatic heterocycles. The second-order valence-corrected chi connectivity index (χ2v) is 8.75. The molecule has 0 N–H and O–H groups in total. The number of allylic oxidation sites excluding steroid dienone is 4. The summed E-state index contributed by atoms with van der Waals surface area (Å²) in [6.45, 7) is 19.0. The summed E-state index contributed by atoms with van der Waals surface area (Å²) >= 11 is 0. The largest absolute Gasteiger partial charge is 0.463 e. The van der Waals surface area contributed by atoms with Crippen LogP contribution < -0.4 is 10.2 Å². The second-order valence-electron chi connectivity index (χ2n) is 8.75. The molecule has 3 rings (SSSR count). The van der Waals surface area contributed by atoms with Crippen molar-refractivity contribution in [1.82, 2.24) is 0 Å². The Kier molecular flexibility index (Phi) is 5.31. The molecule has 1 aromatic carbocycles. The van der Waals surface area contributed by atoms with Gasteiger partial charge in [0.25, 0.3) is 0 Å². The monoisotopic (exact) mass is 358 g/mol. The first kappa shape index (κ1) is 19.8. The van der Waals surface area contributed by atoms with Crippen LogP contribution in [0.2, 0.25) is 5.82 Å². The Bertz CT molecular complexity index is 827. The van der Waals surface area contributed by atoms with Crippen molar-refractivity contribution in [2.24, 2.45) is 0 Å². The zero-order chi connectivity index (χ0) is 19.9. The van der Waals surface area contributed by atoms with Gasteiger partial charge in [0.05, 0.1) is 12.2 Å². The third-order valence-electron chi connectivity index (χ3n) is 5.24. The van der Waals surface area contributed by atoms with E-state index in [9.17, 15) is 0 Å². The fourth-order valence-corrected chi connectivity index (χ4v) is 3.88. The predicted molar refractivity (Wildman–Crippen MR) is 116 cm³/mol. The highest BCUT2D eigenvalue weighted by Gasteiger charge is 2.45. The zero-order valence-electron chi connectivity index (χ0n) is 17.1. The molecule has 0 amide bonds. The Labute approximate surface area is 165 Å². The molecule has 2 radical (unpaired) electrons. The predicted octanol–water partition coefficient (Wildman–Crippen LogP) is 4.47. The van der Waals surface area contributed by atoms with Gasteiger partial charge in [-0.1, -0.05) is 62.6 Å². The first-order chi connectivity index (χ1) is 12.6. The molecular weight excluding hydrogens is 330 g/mol. The van der Waals surface area contributed by atoms with Gasteiger partial charge in [-0.25, -0.2) is 0 Å². The summed E-state index contributed by atoms with van der Waals surface area (Å²) in [5, 5.41) is 0. The van der Waals surface area contributed by atoms with Crippen LogP contribution in [0.25, 0.3) is 0 Å². The van der Waals surface area contributed by atoms with E-state index in [4.69, 9.17) is 17.3 Å². The third kappa shape index (κ3) is 3.87. The summed E-state index contributed by atoms with van der Waals surface area (Å²) in [5.41, 5.74) is 4.10. The van der Waals surface area contributed by atoms with E-state index >= 15 is 0 Å². The van der Waals surface area contributed by atoms with Gasteiger partial charge < -0.3 is 9.47 Å². The van der Waals surface area contributed by atoms with Gasteiger partial charge in [-0.2, -0.15) is 0 Å². The van der Waals surface area contributed by atoms with Gasteiger partial charge in [0.2, 0.25) is 6.71 Å². The molecule has 1 aromatic rings. The minimum Gasteiger partial charge on any atom is -0.463 e. The summed E-state index contributed by atoms with van der Waals surface area (Å²) in [6.07, 6.45) is 5.65. The number of rotatable bonds is 4. The van der Waals surface area contributed by atoms with E-state index in [1.54, 1.807) is 0 Å². The first-order valence-electron chi connectivity index (χ1n) is 9.59. The van der Waals surface area contributed by atoms with Gasteiger partial charge in [-0.3, -0.25) is 0 Å². The molecule has 4 heteroatoms. The van der Waals surface area contributed by atoms with E-state index in [1.165, 1.54) is 5.56 Å². The van der Waals surface area contributed by atoms with E-state index in [1.807, 2.05) is 32.1 Å². The molecule has 0 saturated carbocycles. The van der Waals surface area contributed by atoms with Crippen LogP contribution in [0.3, 0.4) is 0 Å². The summed E-state index contributed by atoms with van der Waals surface area (Å²) in [4.78, 5) is 0. The molecule has 1 aliphatic carbocycles. The lowest BCUT2D eigenvalue weighted by Gasteiger charge is -2.40. The van der Waals surface area contributed by atoms with Crippen molar-refractivity contribution in [3.05, 3.63) is 71.9 Å². The van der Waals surface area contributed by atoms with Gasteiger partial charge in [0.1, 0.15) is 19.4 Å². The van der Waals surface area contributed by atoms with Gasteiger partial charge in [-0.05, 0) is 42.4 Å². The zero-order valence-corrected chi connectivity index (χ0v) is 17.1. The fraction of sp³-hybridized carbons (Fsp3) is 0.391. The maximum Gasteiger partial charge on any atom is 0.227 e. The van der Waals surface area contributed by atoms with Crippen molar-refractivity contribution in [3.8, 4) is 5.75 Å². The lowest BCUT2D eigenvalue weighted by atomic mass is 9.30. The summed E-state index contributed by atoms with van der Waals surface area (Å²) in [6, 6.07) is 6.44. The highest BCUT2D eigenvalue weighted by atomic mass is 16.5. The van der Waals surface area contributed by atoms with Crippen molar-refractivity contribution < 1.29 is 9.47 Å². The van der Waals surface area contributed by atoms with Crippen LogP contribution in [0, 0.1) is 0 Å². The molecule has 1 aliphatic heterocycles. The Morgan fingerprint density at radius 1 is 1.33 bits per heavy atom. The molecule has 2 aliphatic rings. The van der Waals surface area contributed by atoms with Crippen molar-refractivity contribution >= 4 is 20.0 Å². The van der Waals surface area contributed by atoms with E-state index < -0.39 is 0 Å². The molecule has 0 fully saturated rings. The average Bonchev–Trinajstić information content (AvgIpc) is 2.57. The molecule has 0 saturated heterocycles. The topological polar surface area (TPSA) is 18.5 Å². The molecule has 138 valence electrons. The van der Waals surface area contributed by atoms with Crippen molar-refractivity contribution in [2.75, 3.05) is 0 Å². The highest BCUT2D eigenvalue weighted by Crippen LogP contribution is 2.42. The number of benzene rings is 1. The van der Waals surface area contributed by atoms with Crippen LogP contribution in [0.4, 0.5) is 0 Å². The third-order valence-corrected chi connectivity index (χ3v) is 5.24. The standard InChI is InChI=1S/C23H28B2O2/c1-8-15(4)25-18-11-16(23(5,6)7)9-10-19(18)27-21-13-17(24)12-20(22(21)25)26-14(2)3/h8-14,20,22H,1,4H2,2-3,5-7H3. The minimum absolute atomic E-state index is 0.00656. The van der Waals surface area contributed by atoms with Gasteiger partial charge in [0.15, 0.2) is 0 Å². The fourth-order valence-electron chi connectivity index (χ4n) is 3.88. The number of hydrogen-bond acceptors (Lipinski definition) is 2. The smallest absolute Gasteiger partial charge is 0.227 e. The van der Waals surface area contributed by atoms with Crippen molar-refractivity contribution in [1.29, 1.82) is 0 Å². The lowest BCUT2D eigenvalue weighted by molar-refractivity contribution is 0.0298. The van der Waals surface area contributed by atoms with E-state index in [-0.39, 0.29) is 30.2 Å². The van der Waals surface area contributed by atoms with Crippen molar-refractivity contribution in [3.63, 3.8) is 0 Å². The molecule has 0 spiro atoms. The van der Waals surface area contributed by atoms with Crippen LogP contribution in [0.1, 0.15) is 40.2 Å². The molecule has 2 nitrogen and oxygen atoms in total. The Balaban J connectivity index is 2.16. The molecule has 27 heavy (non-hydrogen) atoms. The number of hydrogen-bond donors (Lipinski definition) is 0. The highest BCUT2D eigenvalue weighted by molar-refractivity contribution is 6.83. The summed E-state index contributed by atoms with van der Waals surface area (Å²) < 4.78 is 12.5. The number of fused-ring (bicyclic) bond motifs is 2. The average molecular weight is 358 g/mol. The quantitative estimate of drug-likeness (QED) is 0.584. The van der Waals surface area contributed by atoms with E-state index in [0.29, 0.717) is 5.47 Å². The maximum absolute atomic E-state index is 6.30. The summed E-state index contributed by atoms with van der Waals surface area (Å²) in [7, 11) is 6.15. The van der Waals surface area contributed by atoms with Crippen LogP contribution in [-0.4, -0.2) is 26.8 Å². The Morgan fingerprint density at radius 3 is 2.63 bits per heavy atom. The lowest BCUT2D eigenvalue weighted by Crippen LogP contribution is -2.49. The molecule has 2 unspecified atom stereocenters. The van der Waals surface area contributed by atoms with Crippen molar-refractivity contribution in [2.45, 2.75) is 58.1 Å². The SMILES string of the molecule is [B]C1=CC(OC(C)C)C2B(C(=C)C=C)c3cc(C(C)(C)C)ccc3OC2=C1. The normalized spacial score (nSPS) is 21.6. The van der Waals surface area contributed by atoms with Crippen LogP contribution in [0.15, 0.2) is 66.3 Å².